The monoisotopic (exact) mass is 253 g/mol. The molecule has 0 unspecified atom stereocenters. The molecule has 0 aromatic carbocycles. The molecule has 1 aromatic heterocycles. The zero-order chi connectivity index (χ0) is 13.5. The molecule has 1 rings (SSSR count). The number of amides is 1. The van der Waals surface area contributed by atoms with Gasteiger partial charge in [-0.25, -0.2) is 0 Å². The lowest BCUT2D eigenvalue weighted by Gasteiger charge is -2.08. The van der Waals surface area contributed by atoms with Crippen molar-refractivity contribution < 1.29 is 9.32 Å². The summed E-state index contributed by atoms with van der Waals surface area (Å²) in [5.41, 5.74) is 1.99. The first-order chi connectivity index (χ1) is 8.50. The molecule has 0 saturated carbocycles. The molecular formula is C13H23N3O2. The average Bonchev–Trinajstić information content (AvgIpc) is 2.63. The molecule has 1 heterocycles. The molecule has 0 aliphatic rings. The number of aromatic nitrogens is 1. The van der Waals surface area contributed by atoms with Crippen LogP contribution >= 0.6 is 0 Å². The standard InChI is InChI=1S/C13H23N3O2/c1-9(2)7-15-13(17)5-6-14-8-12-10(3)16-18-11(12)4/h9,14H,5-8H2,1-4H3,(H,15,17). The number of nitrogens with one attached hydrogen (secondary N) is 2. The van der Waals surface area contributed by atoms with Crippen LogP contribution in [0.2, 0.25) is 0 Å². The molecule has 1 aromatic rings. The molecule has 18 heavy (non-hydrogen) atoms. The third kappa shape index (κ3) is 4.87. The van der Waals surface area contributed by atoms with Gasteiger partial charge < -0.3 is 15.2 Å². The smallest absolute Gasteiger partial charge is 0.221 e. The van der Waals surface area contributed by atoms with E-state index in [4.69, 9.17) is 4.52 Å². The minimum atomic E-state index is 0.0926. The summed E-state index contributed by atoms with van der Waals surface area (Å²) in [4.78, 5) is 11.5. The first-order valence-corrected chi connectivity index (χ1v) is 6.40. The Morgan fingerprint density at radius 2 is 2.11 bits per heavy atom. The molecule has 0 atom stereocenters. The maximum atomic E-state index is 11.5. The van der Waals surface area contributed by atoms with Crippen LogP contribution in [-0.2, 0) is 11.3 Å². The molecule has 102 valence electrons. The fourth-order valence-electron chi connectivity index (χ4n) is 1.58. The van der Waals surface area contributed by atoms with Crippen LogP contribution in [0.5, 0.6) is 0 Å². The van der Waals surface area contributed by atoms with Gasteiger partial charge >= 0.3 is 0 Å². The second-order valence-electron chi connectivity index (χ2n) is 4.93. The Balaban J connectivity index is 2.17. The van der Waals surface area contributed by atoms with Crippen LogP contribution < -0.4 is 10.6 Å². The zero-order valence-corrected chi connectivity index (χ0v) is 11.7. The normalized spacial score (nSPS) is 10.9. The van der Waals surface area contributed by atoms with Crippen molar-refractivity contribution in [3.05, 3.63) is 17.0 Å². The summed E-state index contributed by atoms with van der Waals surface area (Å²) < 4.78 is 5.07. The lowest BCUT2D eigenvalue weighted by atomic mass is 10.2. The second-order valence-corrected chi connectivity index (χ2v) is 4.93. The Hall–Kier alpha value is -1.36. The molecule has 0 spiro atoms. The van der Waals surface area contributed by atoms with Gasteiger partial charge in [0.05, 0.1) is 5.69 Å². The Bertz CT molecular complexity index is 366. The number of carbonyl (C=O) groups is 1. The van der Waals surface area contributed by atoms with Gasteiger partial charge in [0.2, 0.25) is 5.91 Å². The summed E-state index contributed by atoms with van der Waals surface area (Å²) in [6, 6.07) is 0. The van der Waals surface area contributed by atoms with Crippen molar-refractivity contribution >= 4 is 5.91 Å². The average molecular weight is 253 g/mol. The van der Waals surface area contributed by atoms with Crippen molar-refractivity contribution in [3.8, 4) is 0 Å². The number of carbonyl (C=O) groups excluding carboxylic acids is 1. The number of nitrogens with zero attached hydrogens (tertiary/aromatic N) is 1. The van der Waals surface area contributed by atoms with E-state index in [1.807, 2.05) is 13.8 Å². The third-order valence-electron chi connectivity index (χ3n) is 2.72. The van der Waals surface area contributed by atoms with Crippen LogP contribution in [0, 0.1) is 19.8 Å². The lowest BCUT2D eigenvalue weighted by molar-refractivity contribution is -0.121. The van der Waals surface area contributed by atoms with Crippen molar-refractivity contribution in [2.45, 2.75) is 40.7 Å². The highest BCUT2D eigenvalue weighted by atomic mass is 16.5. The van der Waals surface area contributed by atoms with Gasteiger partial charge in [0.1, 0.15) is 5.76 Å². The van der Waals surface area contributed by atoms with Gasteiger partial charge in [-0.05, 0) is 19.8 Å². The van der Waals surface area contributed by atoms with E-state index in [0.29, 0.717) is 25.4 Å². The van der Waals surface area contributed by atoms with E-state index in [-0.39, 0.29) is 5.91 Å². The van der Waals surface area contributed by atoms with E-state index in [1.165, 1.54) is 0 Å². The first-order valence-electron chi connectivity index (χ1n) is 6.40. The summed E-state index contributed by atoms with van der Waals surface area (Å²) >= 11 is 0. The summed E-state index contributed by atoms with van der Waals surface area (Å²) in [6.45, 7) is 10.1. The molecular weight excluding hydrogens is 230 g/mol. The molecule has 0 fully saturated rings. The molecule has 0 aliphatic carbocycles. The highest BCUT2D eigenvalue weighted by Gasteiger charge is 2.08. The molecule has 1 amide bonds. The van der Waals surface area contributed by atoms with E-state index in [9.17, 15) is 4.79 Å². The fraction of sp³-hybridized carbons (Fsp3) is 0.692. The molecule has 0 aliphatic heterocycles. The van der Waals surface area contributed by atoms with Crippen LogP contribution in [0.3, 0.4) is 0 Å². The van der Waals surface area contributed by atoms with E-state index >= 15 is 0 Å². The molecule has 5 nitrogen and oxygen atoms in total. The zero-order valence-electron chi connectivity index (χ0n) is 11.7. The van der Waals surface area contributed by atoms with E-state index in [0.717, 1.165) is 23.6 Å². The van der Waals surface area contributed by atoms with Crippen LogP contribution in [0.25, 0.3) is 0 Å². The SMILES string of the molecule is Cc1noc(C)c1CNCCC(=O)NCC(C)C. The maximum Gasteiger partial charge on any atom is 0.221 e. The van der Waals surface area contributed by atoms with Crippen LogP contribution in [0.15, 0.2) is 4.52 Å². The topological polar surface area (TPSA) is 67.2 Å². The Morgan fingerprint density at radius 3 is 2.67 bits per heavy atom. The van der Waals surface area contributed by atoms with Gasteiger partial charge in [-0.2, -0.15) is 0 Å². The number of aryl methyl sites for hydroxylation is 2. The van der Waals surface area contributed by atoms with E-state index in [2.05, 4.69) is 29.6 Å². The van der Waals surface area contributed by atoms with Gasteiger partial charge in [0.25, 0.3) is 0 Å². The lowest BCUT2D eigenvalue weighted by Crippen LogP contribution is -2.30. The van der Waals surface area contributed by atoms with Crippen molar-refractivity contribution in [3.63, 3.8) is 0 Å². The number of rotatable bonds is 7. The Kier molecular flexibility index (Phi) is 5.85. The molecule has 2 N–H and O–H groups in total. The summed E-state index contributed by atoms with van der Waals surface area (Å²) in [6.07, 6.45) is 0.496. The first kappa shape index (κ1) is 14.7. The van der Waals surface area contributed by atoms with Crippen LogP contribution in [0.1, 0.15) is 37.3 Å². The van der Waals surface area contributed by atoms with Gasteiger partial charge in [-0.15, -0.1) is 0 Å². The van der Waals surface area contributed by atoms with Crippen LogP contribution in [-0.4, -0.2) is 24.2 Å². The van der Waals surface area contributed by atoms with Crippen molar-refractivity contribution in [2.75, 3.05) is 13.1 Å². The number of hydrogen-bond acceptors (Lipinski definition) is 4. The van der Waals surface area contributed by atoms with Gasteiger partial charge in [-0.3, -0.25) is 4.79 Å². The molecule has 0 bridgehead atoms. The summed E-state index contributed by atoms with van der Waals surface area (Å²) in [7, 11) is 0. The van der Waals surface area contributed by atoms with Crippen molar-refractivity contribution in [2.24, 2.45) is 5.92 Å². The minimum Gasteiger partial charge on any atom is -0.361 e. The maximum absolute atomic E-state index is 11.5. The molecule has 0 radical (unpaired) electrons. The number of hydrogen-bond donors (Lipinski definition) is 2. The van der Waals surface area contributed by atoms with E-state index in [1.54, 1.807) is 0 Å². The summed E-state index contributed by atoms with van der Waals surface area (Å²) in [5, 5.41) is 10.0. The highest BCUT2D eigenvalue weighted by molar-refractivity contribution is 5.76. The van der Waals surface area contributed by atoms with Gasteiger partial charge in [0.15, 0.2) is 0 Å². The molecule has 5 heteroatoms. The van der Waals surface area contributed by atoms with Gasteiger partial charge in [-0.1, -0.05) is 19.0 Å². The quantitative estimate of drug-likeness (QED) is 0.723. The van der Waals surface area contributed by atoms with Crippen molar-refractivity contribution in [1.82, 2.24) is 15.8 Å². The second kappa shape index (κ2) is 7.16. The minimum absolute atomic E-state index is 0.0926. The highest BCUT2D eigenvalue weighted by Crippen LogP contribution is 2.11. The predicted molar refractivity (Wildman–Crippen MR) is 70.1 cm³/mol. The predicted octanol–water partition coefficient (Wildman–Crippen LogP) is 1.54. The third-order valence-corrected chi connectivity index (χ3v) is 2.72. The summed E-state index contributed by atoms with van der Waals surface area (Å²) in [5.74, 6) is 1.42. The van der Waals surface area contributed by atoms with Crippen molar-refractivity contribution in [1.29, 1.82) is 0 Å². The molecule has 0 saturated heterocycles. The fourth-order valence-corrected chi connectivity index (χ4v) is 1.58. The Labute approximate surface area is 108 Å². The largest absolute Gasteiger partial charge is 0.361 e. The van der Waals surface area contributed by atoms with Gasteiger partial charge in [0, 0.05) is 31.6 Å². The van der Waals surface area contributed by atoms with E-state index < -0.39 is 0 Å². The van der Waals surface area contributed by atoms with Crippen LogP contribution in [0.4, 0.5) is 0 Å². The Morgan fingerprint density at radius 1 is 1.39 bits per heavy atom.